The molecule has 0 saturated heterocycles. The van der Waals surface area contributed by atoms with E-state index in [1.807, 2.05) is 6.92 Å². The van der Waals surface area contributed by atoms with Crippen LogP contribution in [-0.4, -0.2) is 16.5 Å². The number of anilines is 1. The van der Waals surface area contributed by atoms with E-state index in [2.05, 4.69) is 15.3 Å². The second-order valence-corrected chi connectivity index (χ2v) is 4.02. The Balaban J connectivity index is 2.51. The molecule has 2 aromatic rings. The number of hydrogen-bond donors (Lipinski definition) is 1. The van der Waals surface area contributed by atoms with Crippen LogP contribution in [0.3, 0.4) is 0 Å². The largest absolute Gasteiger partial charge is 0.354 e. The number of nitrogens with zero attached hydrogens (tertiary/aromatic N) is 2. The molecule has 0 atom stereocenters. The fraction of sp³-hybridized carbons (Fsp3) is 0.167. The van der Waals surface area contributed by atoms with E-state index in [1.165, 1.54) is 12.1 Å². The third kappa shape index (κ3) is 2.73. The number of nitrogens with one attached hydrogen (secondary N) is 1. The van der Waals surface area contributed by atoms with Gasteiger partial charge in [0.1, 0.15) is 11.5 Å². The number of halogens is 3. The Morgan fingerprint density at radius 1 is 1.28 bits per heavy atom. The molecule has 2 rings (SSSR count). The summed E-state index contributed by atoms with van der Waals surface area (Å²) in [4.78, 5) is 7.77. The second-order valence-electron chi connectivity index (χ2n) is 3.58. The van der Waals surface area contributed by atoms with Crippen molar-refractivity contribution in [2.75, 3.05) is 11.9 Å². The molecule has 0 amide bonds. The van der Waals surface area contributed by atoms with Gasteiger partial charge in [-0.2, -0.15) is 0 Å². The highest BCUT2D eigenvalue weighted by Gasteiger charge is 2.11. The number of aromatic nitrogens is 2. The minimum Gasteiger partial charge on any atom is -0.354 e. The van der Waals surface area contributed by atoms with Gasteiger partial charge in [0.15, 0.2) is 5.82 Å². The standard InChI is InChI=1S/C12H10ClF2N3/c1-2-16-12-17-6-10(15)11(18-12)7-3-8(13)5-9(14)4-7/h3-6H,2H2,1H3,(H,16,17,18). The predicted molar refractivity (Wildman–Crippen MR) is 66.6 cm³/mol. The average Bonchev–Trinajstić information content (AvgIpc) is 2.30. The van der Waals surface area contributed by atoms with E-state index in [-0.39, 0.29) is 22.2 Å². The van der Waals surface area contributed by atoms with E-state index < -0.39 is 11.6 Å². The SMILES string of the molecule is CCNc1ncc(F)c(-c2cc(F)cc(Cl)c2)n1. The molecule has 6 heteroatoms. The van der Waals surface area contributed by atoms with Crippen molar-refractivity contribution in [3.05, 3.63) is 41.1 Å². The molecule has 0 saturated carbocycles. The van der Waals surface area contributed by atoms with Gasteiger partial charge in [0.2, 0.25) is 5.95 Å². The first-order valence-electron chi connectivity index (χ1n) is 5.33. The third-order valence-corrected chi connectivity index (χ3v) is 2.43. The summed E-state index contributed by atoms with van der Waals surface area (Å²) in [6.07, 6.45) is 1.04. The van der Waals surface area contributed by atoms with E-state index in [0.717, 1.165) is 12.3 Å². The monoisotopic (exact) mass is 269 g/mol. The van der Waals surface area contributed by atoms with E-state index in [4.69, 9.17) is 11.6 Å². The molecule has 0 aliphatic heterocycles. The van der Waals surface area contributed by atoms with Gasteiger partial charge < -0.3 is 5.32 Å². The van der Waals surface area contributed by atoms with Crippen molar-refractivity contribution in [3.63, 3.8) is 0 Å². The minimum absolute atomic E-state index is 0.0161. The fourth-order valence-corrected chi connectivity index (χ4v) is 1.73. The van der Waals surface area contributed by atoms with Crippen LogP contribution in [0, 0.1) is 11.6 Å². The molecule has 0 fully saturated rings. The maximum absolute atomic E-state index is 13.6. The van der Waals surface area contributed by atoms with Gasteiger partial charge in [0, 0.05) is 17.1 Å². The zero-order valence-electron chi connectivity index (χ0n) is 9.54. The summed E-state index contributed by atoms with van der Waals surface area (Å²) in [5.41, 5.74) is 0.293. The lowest BCUT2D eigenvalue weighted by atomic mass is 10.1. The van der Waals surface area contributed by atoms with Crippen LogP contribution in [0.25, 0.3) is 11.3 Å². The molecule has 0 radical (unpaired) electrons. The molecule has 94 valence electrons. The molecule has 1 aromatic heterocycles. The zero-order valence-corrected chi connectivity index (χ0v) is 10.3. The van der Waals surface area contributed by atoms with E-state index in [1.54, 1.807) is 0 Å². The molecule has 0 unspecified atom stereocenters. The summed E-state index contributed by atoms with van der Waals surface area (Å²) in [5.74, 6) is -0.881. The molecule has 0 aliphatic rings. The summed E-state index contributed by atoms with van der Waals surface area (Å²) in [6, 6.07) is 3.77. The molecule has 3 nitrogen and oxygen atoms in total. The fourth-order valence-electron chi connectivity index (χ4n) is 1.50. The Labute approximate surface area is 108 Å². The molecule has 18 heavy (non-hydrogen) atoms. The van der Waals surface area contributed by atoms with Gasteiger partial charge in [-0.15, -0.1) is 0 Å². The predicted octanol–water partition coefficient (Wildman–Crippen LogP) is 3.51. The molecule has 0 spiro atoms. The number of benzene rings is 1. The lowest BCUT2D eigenvalue weighted by Gasteiger charge is -2.06. The van der Waals surface area contributed by atoms with Crippen molar-refractivity contribution in [3.8, 4) is 11.3 Å². The maximum Gasteiger partial charge on any atom is 0.223 e. The Kier molecular flexibility index (Phi) is 3.72. The summed E-state index contributed by atoms with van der Waals surface area (Å²) < 4.78 is 26.9. The average molecular weight is 270 g/mol. The molecule has 0 aliphatic carbocycles. The Hall–Kier alpha value is -1.75. The highest BCUT2D eigenvalue weighted by atomic mass is 35.5. The molecule has 1 N–H and O–H groups in total. The highest BCUT2D eigenvalue weighted by molar-refractivity contribution is 6.30. The molecular weight excluding hydrogens is 260 g/mol. The third-order valence-electron chi connectivity index (χ3n) is 2.21. The van der Waals surface area contributed by atoms with Crippen LogP contribution < -0.4 is 5.32 Å². The van der Waals surface area contributed by atoms with Gasteiger partial charge in [-0.25, -0.2) is 18.7 Å². The zero-order chi connectivity index (χ0) is 13.1. The molecule has 1 heterocycles. The summed E-state index contributed by atoms with van der Waals surface area (Å²) in [5, 5.41) is 3.05. The van der Waals surface area contributed by atoms with E-state index in [0.29, 0.717) is 6.54 Å². The van der Waals surface area contributed by atoms with Crippen LogP contribution in [0.4, 0.5) is 14.7 Å². The smallest absolute Gasteiger partial charge is 0.223 e. The summed E-state index contributed by atoms with van der Waals surface area (Å²) in [6.45, 7) is 2.47. The van der Waals surface area contributed by atoms with Gasteiger partial charge in [-0.05, 0) is 25.1 Å². The topological polar surface area (TPSA) is 37.8 Å². The van der Waals surface area contributed by atoms with Crippen molar-refractivity contribution >= 4 is 17.5 Å². The molecule has 1 aromatic carbocycles. The second kappa shape index (κ2) is 5.27. The molecular formula is C12H10ClF2N3. The highest BCUT2D eigenvalue weighted by Crippen LogP contribution is 2.25. The van der Waals surface area contributed by atoms with Crippen molar-refractivity contribution in [1.29, 1.82) is 0 Å². The van der Waals surface area contributed by atoms with Crippen molar-refractivity contribution in [2.45, 2.75) is 6.92 Å². The van der Waals surface area contributed by atoms with E-state index >= 15 is 0 Å². The summed E-state index contributed by atoms with van der Waals surface area (Å²) >= 11 is 5.73. The maximum atomic E-state index is 13.6. The quantitative estimate of drug-likeness (QED) is 0.927. The number of rotatable bonds is 3. The number of hydrogen-bond acceptors (Lipinski definition) is 3. The van der Waals surface area contributed by atoms with Crippen molar-refractivity contribution < 1.29 is 8.78 Å². The van der Waals surface area contributed by atoms with Gasteiger partial charge in [0.05, 0.1) is 6.20 Å². The first kappa shape index (κ1) is 12.7. The van der Waals surface area contributed by atoms with Crippen LogP contribution >= 0.6 is 11.6 Å². The molecule has 0 bridgehead atoms. The Bertz CT molecular complexity index is 555. The van der Waals surface area contributed by atoms with Crippen LogP contribution in [0.2, 0.25) is 5.02 Å². The van der Waals surface area contributed by atoms with Gasteiger partial charge >= 0.3 is 0 Å². The first-order valence-corrected chi connectivity index (χ1v) is 5.71. The van der Waals surface area contributed by atoms with Gasteiger partial charge in [-0.3, -0.25) is 0 Å². The van der Waals surface area contributed by atoms with E-state index in [9.17, 15) is 8.78 Å². The minimum atomic E-state index is -0.627. The van der Waals surface area contributed by atoms with Crippen molar-refractivity contribution in [2.24, 2.45) is 0 Å². The van der Waals surface area contributed by atoms with Crippen LogP contribution in [0.15, 0.2) is 24.4 Å². The van der Waals surface area contributed by atoms with Gasteiger partial charge in [0.25, 0.3) is 0 Å². The van der Waals surface area contributed by atoms with Crippen LogP contribution in [0.5, 0.6) is 0 Å². The lowest BCUT2D eigenvalue weighted by molar-refractivity contribution is 0.616. The first-order chi connectivity index (χ1) is 8.60. The van der Waals surface area contributed by atoms with Crippen LogP contribution in [0.1, 0.15) is 6.92 Å². The van der Waals surface area contributed by atoms with Crippen LogP contribution in [-0.2, 0) is 0 Å². The Morgan fingerprint density at radius 3 is 2.72 bits per heavy atom. The lowest BCUT2D eigenvalue weighted by Crippen LogP contribution is -2.04. The van der Waals surface area contributed by atoms with Gasteiger partial charge in [-0.1, -0.05) is 11.6 Å². The van der Waals surface area contributed by atoms with Crippen molar-refractivity contribution in [1.82, 2.24) is 9.97 Å². The summed E-state index contributed by atoms with van der Waals surface area (Å²) in [7, 11) is 0. The Morgan fingerprint density at radius 2 is 2.06 bits per heavy atom. The normalized spacial score (nSPS) is 10.4.